The monoisotopic (exact) mass is 1390 g/mol. The number of nitrogens with zero attached hydrogens (tertiary/aromatic N) is 2. The first-order valence-electron chi connectivity index (χ1n) is 38.9. The fourth-order valence-corrected chi connectivity index (χ4v) is 28.4. The molecule has 25 rings (SSSR count). The Morgan fingerprint density at radius 2 is 1.65 bits per heavy atom. The Morgan fingerprint density at radius 1 is 0.808 bits per heavy atom. The minimum atomic E-state index is -2.56. The van der Waals surface area contributed by atoms with E-state index in [1.165, 1.54) is 6.07 Å². The molecule has 12 N–H and O–H groups in total. The van der Waals surface area contributed by atoms with Crippen LogP contribution in [0.5, 0.6) is 11.5 Å². The van der Waals surface area contributed by atoms with E-state index in [0.717, 1.165) is 134 Å². The molecular weight excluding hydrogens is 1310 g/mol. The largest absolute Gasteiger partial charge is 0.507 e. The van der Waals surface area contributed by atoms with E-state index in [9.17, 15) is 30.3 Å². The van der Waals surface area contributed by atoms with Gasteiger partial charge in [-0.25, -0.2) is 9.97 Å². The number of aromatic amines is 2. The zero-order chi connectivity index (χ0) is 70.1. The molecule has 0 radical (unpaired) electrons. The average molecular weight is 1390 g/mol. The average Bonchev–Trinajstić information content (AvgIpc) is 1.39. The van der Waals surface area contributed by atoms with Gasteiger partial charge in [-0.1, -0.05) is 73.9 Å². The molecule has 0 unspecified atom stereocenters. The minimum absolute atomic E-state index is 0.00608. The molecule has 8 heterocycles. The van der Waals surface area contributed by atoms with Crippen LogP contribution in [0.3, 0.4) is 0 Å². The number of hydrogen-bond donors (Lipinski definition) is 11. The summed E-state index contributed by atoms with van der Waals surface area (Å²) >= 11 is 0. The molecule has 18 heteroatoms. The van der Waals surface area contributed by atoms with Gasteiger partial charge in [0.15, 0.2) is 17.5 Å². The third kappa shape index (κ3) is 6.99. The van der Waals surface area contributed by atoms with Crippen LogP contribution < -0.4 is 21.1 Å². The number of aromatic nitrogens is 4. The molecule has 9 spiro atoms. The van der Waals surface area contributed by atoms with Crippen LogP contribution in [0.4, 0.5) is 5.82 Å². The molecule has 18 nitrogen and oxygen atoms in total. The zero-order valence-electron chi connectivity index (χ0n) is 58.5. The molecule has 1 saturated heterocycles. The van der Waals surface area contributed by atoms with Crippen LogP contribution in [0.2, 0.25) is 0 Å². The van der Waals surface area contributed by atoms with Crippen molar-refractivity contribution < 1.29 is 54.5 Å². The lowest BCUT2D eigenvalue weighted by Crippen LogP contribution is -2.79. The fourth-order valence-electron chi connectivity index (χ4n) is 28.4. The van der Waals surface area contributed by atoms with Gasteiger partial charge >= 0.3 is 0 Å². The third-order valence-electron chi connectivity index (χ3n) is 32.1. The number of phenolic OH excluding ortho intramolecular Hbond substituents is 1. The molecule has 19 aliphatic rings. The van der Waals surface area contributed by atoms with Crippen LogP contribution in [0.1, 0.15) is 235 Å². The fraction of sp³-hybridized carbons (Fsp3) is 0.523. The number of anilines is 1. The molecule has 7 fully saturated rings. The number of carbonyl (C=O) groups excluding carboxylic acids is 3. The number of aromatic hydroxyl groups is 1. The first-order chi connectivity index (χ1) is 50.2. The Balaban J connectivity index is 0.833. The highest BCUT2D eigenvalue weighted by atomic mass is 16.7. The summed E-state index contributed by atoms with van der Waals surface area (Å²) in [4.78, 5) is 65.1. The number of carbonyl (C=O) groups is 3. The van der Waals surface area contributed by atoms with Gasteiger partial charge in [-0.15, -0.1) is 5.92 Å². The standard InChI is InChI=1S/C86H87N7O11/c1-42-28-51-59(56(95)29-42)67(98)62-57-34-50-49(60(62)66(51)97)14-27-89-75(50)90-37-58(96)83-39-78(17-4-5-18-78)54-8-6-20-82-21-7-19-80-22-11-45(82)33-52-61(64(54)83)65(53-35-84(103-57)72(100)68(99)73(101)85(104-84)63(53)55(83)36-79(76(85)102)25-24-77(38-79)15-2-3-16-77)93-69(52)86(80,82)71-70(91-41-92-71)81(40-80)23-12-47(94)32-46(81)31-43-9-10-48-44(30-43)13-26-88-74(48)87/h9-11,13-14,22,26-30,34-35,41,45-46,54,58,64,68,72-74,76,88,93,95-96,99-102H,2-5,7,12,15-21,23-25,31-33,36-40,87H2,1H3,(H,89,90)(H,91,92)/t45-,46-,54-,58+,64+,68-,72-,73+,74-,76+,79+,80-,81+,82-,83+,84-,85+,86+/m1/s1. The topological polar surface area (TPSA) is 298 Å². The number of fused-ring (bicyclic) bond motifs is 9. The molecule has 3 aromatic heterocycles. The number of allylic oxidation sites excluding steroid dienone is 2. The van der Waals surface area contributed by atoms with Gasteiger partial charge < -0.3 is 66.4 Å². The predicted molar refractivity (Wildman–Crippen MR) is 384 cm³/mol. The summed E-state index contributed by atoms with van der Waals surface area (Å²) in [5, 5.41) is 90.5. The SMILES string of the molecule is Cc1cc(O)c2c(c1)C(=O)c1c(c3cc4c(nccc14)NC[C@H](O)[C@@]14CC5(CCCC5)[C@@H]5C#CC[C@@]67CCC[C@]89C=C[C@@H]6Cc6c([nH]c(c6[C@H]51)C1=C[C@@]5(O3)O[C@@]3(C1=C4C[C@]1(CCC4(CCCC4)C1)[C@@H]3O)[C@@H](O)[C@H](O)[C@H]5O)[C@]87c1[nH]cnc1[C@@]1(CCC(=O)C[C@H]1Cc1ccc3c(c1)C=CN[C@H]3N)C9)C2=O. The molecule has 3 aromatic carbocycles. The molecule has 0 amide bonds. The van der Waals surface area contributed by atoms with Crippen molar-refractivity contribution in [3.05, 3.63) is 169 Å². The lowest BCUT2D eigenvalue weighted by Gasteiger charge is -2.72. The number of hydrogen-bond acceptors (Lipinski definition) is 16. The normalized spacial score (nSPS) is 40.7. The lowest BCUT2D eigenvalue weighted by molar-refractivity contribution is -0.366. The van der Waals surface area contributed by atoms with Crippen LogP contribution in [0, 0.1) is 69.0 Å². The number of rotatable bonds is 2. The Bertz CT molecular complexity index is 5210. The van der Waals surface area contributed by atoms with Crippen molar-refractivity contribution >= 4 is 45.6 Å². The number of pyridine rings is 1. The number of aryl methyl sites for hydroxylation is 1. The first kappa shape index (κ1) is 62.2. The summed E-state index contributed by atoms with van der Waals surface area (Å²) in [7, 11) is 0. The van der Waals surface area contributed by atoms with Gasteiger partial charge in [-0.3, -0.25) is 14.4 Å². The minimum Gasteiger partial charge on any atom is -0.507 e. The van der Waals surface area contributed by atoms with Gasteiger partial charge in [0.25, 0.3) is 5.79 Å². The number of nitrogens with one attached hydrogen (secondary N) is 4. The molecule has 15 bridgehead atoms. The van der Waals surface area contributed by atoms with Crippen LogP contribution >= 0.6 is 0 Å². The number of aliphatic hydroxyl groups excluding tert-OH is 5. The van der Waals surface area contributed by atoms with Gasteiger partial charge in [0.1, 0.15) is 41.5 Å². The number of ether oxygens (including phenoxy) is 2. The number of aliphatic hydroxyl groups is 5. The Labute approximate surface area is 601 Å². The maximum atomic E-state index is 15.9. The molecule has 5 aliphatic heterocycles. The highest BCUT2D eigenvalue weighted by molar-refractivity contribution is 6.34. The van der Waals surface area contributed by atoms with E-state index in [0.29, 0.717) is 103 Å². The predicted octanol–water partition coefficient (Wildman–Crippen LogP) is 10.7. The highest BCUT2D eigenvalue weighted by Gasteiger charge is 2.81. The maximum absolute atomic E-state index is 15.9. The first-order valence-corrected chi connectivity index (χ1v) is 38.9. The quantitative estimate of drug-likeness (QED) is 0.0566. The number of phenols is 1. The van der Waals surface area contributed by atoms with E-state index in [4.69, 9.17) is 25.2 Å². The zero-order valence-corrected chi connectivity index (χ0v) is 58.5. The second-order valence-electron chi connectivity index (χ2n) is 36.1. The lowest BCUT2D eigenvalue weighted by atomic mass is 9.30. The van der Waals surface area contributed by atoms with Crippen molar-refractivity contribution in [1.29, 1.82) is 0 Å². The number of Topliss-reactive ketones (excluding diaryl/α,β-unsaturated/α-hetero) is 1. The van der Waals surface area contributed by atoms with E-state index >= 15 is 14.7 Å². The summed E-state index contributed by atoms with van der Waals surface area (Å²) in [5.74, 6) is 3.71. The summed E-state index contributed by atoms with van der Waals surface area (Å²) in [6.45, 7) is 1.69. The van der Waals surface area contributed by atoms with Crippen molar-refractivity contribution in [1.82, 2.24) is 25.3 Å². The number of nitrogens with two attached hydrogens (primary N) is 1. The Morgan fingerprint density at radius 3 is 2.51 bits per heavy atom. The van der Waals surface area contributed by atoms with Gasteiger partial charge in [-0.05, 0) is 213 Å². The van der Waals surface area contributed by atoms with E-state index < -0.39 is 103 Å². The summed E-state index contributed by atoms with van der Waals surface area (Å²) in [6.07, 6.45) is 22.7. The second-order valence-corrected chi connectivity index (χ2v) is 36.1. The van der Waals surface area contributed by atoms with Crippen molar-refractivity contribution in [3.8, 4) is 23.3 Å². The molecule has 104 heavy (non-hydrogen) atoms. The van der Waals surface area contributed by atoms with Crippen molar-refractivity contribution in [3.63, 3.8) is 0 Å². The summed E-state index contributed by atoms with van der Waals surface area (Å²) in [6, 6.07) is 12.9. The van der Waals surface area contributed by atoms with E-state index in [1.807, 2.05) is 12.5 Å². The smallest absolute Gasteiger partial charge is 0.261 e. The van der Waals surface area contributed by atoms with Gasteiger partial charge in [0.05, 0.1) is 46.5 Å². The van der Waals surface area contributed by atoms with Gasteiger partial charge in [0.2, 0.25) is 5.78 Å². The molecule has 18 atom stereocenters. The summed E-state index contributed by atoms with van der Waals surface area (Å²) < 4.78 is 15.6. The highest BCUT2D eigenvalue weighted by Crippen LogP contribution is 2.83. The number of imidazole rings is 1. The van der Waals surface area contributed by atoms with Crippen LogP contribution in [0.25, 0.3) is 22.4 Å². The molecule has 532 valence electrons. The molecular formula is C86H87N7O11. The van der Waals surface area contributed by atoms with E-state index in [2.05, 4.69) is 68.9 Å². The molecule has 6 aromatic rings. The molecule has 6 saturated carbocycles. The van der Waals surface area contributed by atoms with Gasteiger partial charge in [-0.2, -0.15) is 0 Å². The number of H-pyrrole nitrogens is 2. The van der Waals surface area contributed by atoms with Gasteiger partial charge in [0, 0.05) is 104 Å². The van der Waals surface area contributed by atoms with Crippen LogP contribution in [-0.2, 0) is 33.2 Å². The Kier molecular flexibility index (Phi) is 12.0. The maximum Gasteiger partial charge on any atom is 0.261 e. The number of benzene rings is 3. The van der Waals surface area contributed by atoms with Crippen LogP contribution in [-0.4, -0.2) is 116 Å². The van der Waals surface area contributed by atoms with E-state index in [1.54, 1.807) is 37.4 Å². The van der Waals surface area contributed by atoms with Crippen molar-refractivity contribution in [2.75, 3.05) is 11.9 Å². The number of ketones is 3. The third-order valence-corrected chi connectivity index (χ3v) is 32.1. The molecule has 14 aliphatic carbocycles. The van der Waals surface area contributed by atoms with Crippen molar-refractivity contribution in [2.45, 2.75) is 219 Å². The van der Waals surface area contributed by atoms with E-state index in [-0.39, 0.29) is 69.7 Å². The van der Waals surface area contributed by atoms with Crippen LogP contribution in [0.15, 0.2) is 90.6 Å². The van der Waals surface area contributed by atoms with Crippen molar-refractivity contribution in [2.24, 2.45) is 56.0 Å². The summed E-state index contributed by atoms with van der Waals surface area (Å²) in [5.41, 5.74) is 10.3. The second kappa shape index (κ2) is 20.0. The Hall–Kier alpha value is -7.99.